The molecule has 0 radical (unpaired) electrons. The molecule has 0 unspecified atom stereocenters. The maximum absolute atomic E-state index is 11.2. The average Bonchev–Trinajstić information content (AvgIpc) is 2.43. The van der Waals surface area contributed by atoms with Crippen molar-refractivity contribution in [2.45, 2.75) is 0 Å². The van der Waals surface area contributed by atoms with E-state index in [-0.39, 0.29) is 10.6 Å². The second-order valence-corrected chi connectivity index (χ2v) is 4.18. The van der Waals surface area contributed by atoms with Crippen LogP contribution in [0.2, 0.25) is 0 Å². The van der Waals surface area contributed by atoms with Crippen LogP contribution in [0.5, 0.6) is 0 Å². The molecule has 0 saturated heterocycles. The first-order valence-electron chi connectivity index (χ1n) is 5.86. The van der Waals surface area contributed by atoms with E-state index >= 15 is 0 Å². The van der Waals surface area contributed by atoms with Crippen LogP contribution in [0.1, 0.15) is 0 Å². The van der Waals surface area contributed by atoms with Crippen molar-refractivity contribution in [3.05, 3.63) is 52.6 Å². The molecule has 0 saturated carbocycles. The number of hydrogen-bond acceptors (Lipinski definition) is 4. The number of aromatic nitrogens is 1. The van der Waals surface area contributed by atoms with Crippen LogP contribution in [0, 0.1) is 10.1 Å². The van der Waals surface area contributed by atoms with E-state index in [9.17, 15) is 10.1 Å². The molecule has 0 bridgehead atoms. The van der Waals surface area contributed by atoms with Gasteiger partial charge in [-0.15, -0.1) is 0 Å². The maximum Gasteiger partial charge on any atom is 0.280 e. The highest BCUT2D eigenvalue weighted by Gasteiger charge is 2.17. The van der Waals surface area contributed by atoms with Gasteiger partial charge in [0, 0.05) is 18.5 Å². The summed E-state index contributed by atoms with van der Waals surface area (Å²) in [6.07, 6.45) is 0. The van der Waals surface area contributed by atoms with Crippen molar-refractivity contribution in [1.82, 2.24) is 4.98 Å². The zero-order chi connectivity index (χ0) is 13.4. The number of rotatable bonds is 2. The van der Waals surface area contributed by atoms with E-state index in [0.717, 1.165) is 16.6 Å². The molecule has 0 aliphatic carbocycles. The maximum atomic E-state index is 11.2. The summed E-state index contributed by atoms with van der Waals surface area (Å²) in [6.45, 7) is 0. The first-order valence-corrected chi connectivity index (χ1v) is 5.86. The molecule has 0 fully saturated rings. The van der Waals surface area contributed by atoms with Crippen LogP contribution in [0.4, 0.5) is 11.4 Å². The molecule has 1 N–H and O–H groups in total. The number of benzene rings is 2. The lowest BCUT2D eigenvalue weighted by molar-refractivity contribution is -0.383. The van der Waals surface area contributed by atoms with Gasteiger partial charge < -0.3 is 5.32 Å². The minimum absolute atomic E-state index is 0.0695. The van der Waals surface area contributed by atoms with Crippen LogP contribution in [0.3, 0.4) is 0 Å². The fraction of sp³-hybridized carbons (Fsp3) is 0.0714. The monoisotopic (exact) mass is 253 g/mol. The topological polar surface area (TPSA) is 68.1 Å². The van der Waals surface area contributed by atoms with Gasteiger partial charge >= 0.3 is 0 Å². The van der Waals surface area contributed by atoms with Gasteiger partial charge in [0.15, 0.2) is 0 Å². The highest BCUT2D eigenvalue weighted by molar-refractivity contribution is 6.10. The van der Waals surface area contributed by atoms with Crippen molar-refractivity contribution in [1.29, 1.82) is 0 Å². The zero-order valence-corrected chi connectivity index (χ0v) is 10.3. The summed E-state index contributed by atoms with van der Waals surface area (Å²) in [5.41, 5.74) is 2.25. The Labute approximate surface area is 109 Å². The Morgan fingerprint density at radius 1 is 1.11 bits per heavy atom. The summed E-state index contributed by atoms with van der Waals surface area (Å²) in [4.78, 5) is 15.3. The molecule has 1 heterocycles. The van der Waals surface area contributed by atoms with Gasteiger partial charge in [0.05, 0.1) is 21.6 Å². The average molecular weight is 253 g/mol. The quantitative estimate of drug-likeness (QED) is 0.432. The van der Waals surface area contributed by atoms with E-state index < -0.39 is 0 Å². The highest BCUT2D eigenvalue weighted by Crippen LogP contribution is 2.35. The number of nitrogens with zero attached hydrogens (tertiary/aromatic N) is 2. The minimum atomic E-state index is -0.375. The normalized spacial score (nSPS) is 10.8. The highest BCUT2D eigenvalue weighted by atomic mass is 16.6. The summed E-state index contributed by atoms with van der Waals surface area (Å²) in [5, 5.41) is 15.7. The standard InChI is InChI=1S/C14H11N3O2/c1-15-14-9-5-2-3-6-10(9)16-11-7-4-8-12(13(11)14)17(18)19/h2-8H,1H3,(H,15,16). The lowest BCUT2D eigenvalue weighted by Crippen LogP contribution is -1.97. The Kier molecular flexibility index (Phi) is 2.52. The van der Waals surface area contributed by atoms with Gasteiger partial charge in [-0.05, 0) is 12.1 Å². The van der Waals surface area contributed by atoms with Crippen LogP contribution in [0.15, 0.2) is 42.5 Å². The number of para-hydroxylation sites is 1. The third-order valence-corrected chi connectivity index (χ3v) is 3.13. The largest absolute Gasteiger partial charge is 0.387 e. The lowest BCUT2D eigenvalue weighted by atomic mass is 10.1. The smallest absolute Gasteiger partial charge is 0.280 e. The predicted octanol–water partition coefficient (Wildman–Crippen LogP) is 3.34. The predicted molar refractivity (Wildman–Crippen MR) is 75.5 cm³/mol. The Morgan fingerprint density at radius 2 is 1.84 bits per heavy atom. The number of nitrogens with one attached hydrogen (secondary N) is 1. The Morgan fingerprint density at radius 3 is 2.58 bits per heavy atom. The number of non-ortho nitro benzene ring substituents is 1. The second-order valence-electron chi connectivity index (χ2n) is 4.18. The molecule has 0 amide bonds. The Bertz CT molecular complexity index is 799. The fourth-order valence-corrected chi connectivity index (χ4v) is 2.34. The molecule has 0 atom stereocenters. The summed E-state index contributed by atoms with van der Waals surface area (Å²) >= 11 is 0. The third-order valence-electron chi connectivity index (χ3n) is 3.13. The van der Waals surface area contributed by atoms with Gasteiger partial charge in [0.1, 0.15) is 5.39 Å². The number of fused-ring (bicyclic) bond motifs is 2. The van der Waals surface area contributed by atoms with E-state index in [0.29, 0.717) is 10.9 Å². The van der Waals surface area contributed by atoms with E-state index in [1.54, 1.807) is 19.2 Å². The van der Waals surface area contributed by atoms with Crippen molar-refractivity contribution in [2.75, 3.05) is 12.4 Å². The molecule has 3 aromatic rings. The third kappa shape index (κ3) is 1.67. The number of hydrogen-bond donors (Lipinski definition) is 1. The second kappa shape index (κ2) is 4.20. The number of anilines is 1. The Balaban J connectivity index is 2.57. The Hall–Kier alpha value is -2.69. The van der Waals surface area contributed by atoms with E-state index in [1.165, 1.54) is 6.07 Å². The van der Waals surface area contributed by atoms with Crippen LogP contribution in [-0.2, 0) is 0 Å². The summed E-state index contributed by atoms with van der Waals surface area (Å²) in [7, 11) is 1.76. The summed E-state index contributed by atoms with van der Waals surface area (Å²) in [5.74, 6) is 0. The minimum Gasteiger partial charge on any atom is -0.387 e. The SMILES string of the molecule is CNc1c2ccccc2nc2cccc([N+](=O)[O-])c12. The first-order chi connectivity index (χ1) is 9.22. The molecule has 5 nitrogen and oxygen atoms in total. The van der Waals surface area contributed by atoms with Crippen molar-refractivity contribution in [3.63, 3.8) is 0 Å². The van der Waals surface area contributed by atoms with Crippen molar-refractivity contribution >= 4 is 33.2 Å². The number of nitro benzene ring substituents is 1. The van der Waals surface area contributed by atoms with Crippen molar-refractivity contribution in [3.8, 4) is 0 Å². The van der Waals surface area contributed by atoms with Crippen LogP contribution >= 0.6 is 0 Å². The molecular formula is C14H11N3O2. The molecule has 19 heavy (non-hydrogen) atoms. The molecule has 0 aliphatic rings. The molecule has 5 heteroatoms. The lowest BCUT2D eigenvalue weighted by Gasteiger charge is -2.10. The van der Waals surface area contributed by atoms with Gasteiger partial charge in [0.25, 0.3) is 5.69 Å². The van der Waals surface area contributed by atoms with Gasteiger partial charge in [-0.3, -0.25) is 10.1 Å². The molecule has 0 spiro atoms. The van der Waals surface area contributed by atoms with Gasteiger partial charge in [-0.2, -0.15) is 0 Å². The van der Waals surface area contributed by atoms with E-state index in [4.69, 9.17) is 0 Å². The number of nitro groups is 1. The van der Waals surface area contributed by atoms with Gasteiger partial charge in [-0.25, -0.2) is 4.98 Å². The molecule has 2 aromatic carbocycles. The fourth-order valence-electron chi connectivity index (χ4n) is 2.34. The van der Waals surface area contributed by atoms with E-state index in [2.05, 4.69) is 10.3 Å². The molecular weight excluding hydrogens is 242 g/mol. The summed E-state index contributed by atoms with van der Waals surface area (Å²) in [6, 6.07) is 12.5. The van der Waals surface area contributed by atoms with E-state index in [1.807, 2.05) is 24.3 Å². The first kappa shape index (κ1) is 11.4. The molecule has 3 rings (SSSR count). The molecule has 0 aliphatic heterocycles. The van der Waals surface area contributed by atoms with Gasteiger partial charge in [-0.1, -0.05) is 24.3 Å². The molecule has 94 valence electrons. The van der Waals surface area contributed by atoms with Crippen molar-refractivity contribution in [2.24, 2.45) is 0 Å². The van der Waals surface area contributed by atoms with Crippen LogP contribution in [-0.4, -0.2) is 17.0 Å². The van der Waals surface area contributed by atoms with Crippen LogP contribution < -0.4 is 5.32 Å². The van der Waals surface area contributed by atoms with Crippen LogP contribution in [0.25, 0.3) is 21.8 Å². The van der Waals surface area contributed by atoms with Crippen molar-refractivity contribution < 1.29 is 4.92 Å². The zero-order valence-electron chi connectivity index (χ0n) is 10.3. The van der Waals surface area contributed by atoms with Gasteiger partial charge in [0.2, 0.25) is 0 Å². The summed E-state index contributed by atoms with van der Waals surface area (Å²) < 4.78 is 0. The molecule has 1 aromatic heterocycles. The number of pyridine rings is 1.